The van der Waals surface area contributed by atoms with Crippen LogP contribution in [0.5, 0.6) is 5.75 Å². The number of hydrogen-bond acceptors (Lipinski definition) is 2. The van der Waals surface area contributed by atoms with Crippen LogP contribution in [0.2, 0.25) is 0 Å². The number of hydrogen-bond donors (Lipinski definition) is 1. The molecule has 0 fully saturated rings. The predicted octanol–water partition coefficient (Wildman–Crippen LogP) is 2.87. The second-order valence-corrected chi connectivity index (χ2v) is 2.61. The average Bonchev–Trinajstić information content (AvgIpc) is 2.24. The third kappa shape index (κ3) is 3.23. The van der Waals surface area contributed by atoms with Gasteiger partial charge in [0.05, 0.1) is 7.11 Å². The SMILES string of the molecule is CC.COc1cc(F)c(C)cc1C(=O)O. The first kappa shape index (κ1) is 13.4. The quantitative estimate of drug-likeness (QED) is 0.823. The lowest BCUT2D eigenvalue weighted by atomic mass is 10.1. The molecule has 0 bridgehead atoms. The molecule has 0 aliphatic heterocycles. The molecule has 0 saturated heterocycles. The molecule has 1 aromatic carbocycles. The minimum atomic E-state index is -1.13. The van der Waals surface area contributed by atoms with Gasteiger partial charge in [0.25, 0.3) is 0 Å². The Morgan fingerprint density at radius 3 is 2.33 bits per heavy atom. The van der Waals surface area contributed by atoms with Gasteiger partial charge in [-0.1, -0.05) is 13.8 Å². The molecule has 1 rings (SSSR count). The fraction of sp³-hybridized carbons (Fsp3) is 0.364. The van der Waals surface area contributed by atoms with Gasteiger partial charge < -0.3 is 9.84 Å². The molecule has 0 aliphatic carbocycles. The molecule has 4 heteroatoms. The van der Waals surface area contributed by atoms with Crippen molar-refractivity contribution < 1.29 is 19.0 Å². The summed E-state index contributed by atoms with van der Waals surface area (Å²) in [5.74, 6) is -1.56. The van der Waals surface area contributed by atoms with Crippen LogP contribution >= 0.6 is 0 Å². The molecule has 3 nitrogen and oxygen atoms in total. The second kappa shape index (κ2) is 6.01. The number of ether oxygens (including phenoxy) is 1. The number of halogens is 1. The molecule has 0 heterocycles. The van der Waals surface area contributed by atoms with E-state index in [4.69, 9.17) is 9.84 Å². The second-order valence-electron chi connectivity index (χ2n) is 2.61. The molecule has 0 amide bonds. The summed E-state index contributed by atoms with van der Waals surface area (Å²) in [4.78, 5) is 10.6. The van der Waals surface area contributed by atoms with E-state index in [0.717, 1.165) is 6.07 Å². The highest BCUT2D eigenvalue weighted by molar-refractivity contribution is 5.91. The van der Waals surface area contributed by atoms with Crippen LogP contribution in [0.4, 0.5) is 4.39 Å². The van der Waals surface area contributed by atoms with E-state index in [9.17, 15) is 9.18 Å². The molecule has 1 aromatic rings. The molecule has 0 aliphatic rings. The fourth-order valence-electron chi connectivity index (χ4n) is 0.999. The molecule has 1 N–H and O–H groups in total. The first-order valence-electron chi connectivity index (χ1n) is 4.63. The number of rotatable bonds is 2. The highest BCUT2D eigenvalue weighted by Crippen LogP contribution is 2.22. The van der Waals surface area contributed by atoms with E-state index in [-0.39, 0.29) is 11.3 Å². The van der Waals surface area contributed by atoms with Crippen molar-refractivity contribution in [3.8, 4) is 5.75 Å². The van der Waals surface area contributed by atoms with E-state index >= 15 is 0 Å². The molecule has 84 valence electrons. The minimum absolute atomic E-state index is 0.0265. The molecule has 0 atom stereocenters. The van der Waals surface area contributed by atoms with Crippen molar-refractivity contribution >= 4 is 5.97 Å². The zero-order chi connectivity index (χ0) is 12.0. The van der Waals surface area contributed by atoms with Crippen molar-refractivity contribution in [2.24, 2.45) is 0 Å². The monoisotopic (exact) mass is 214 g/mol. The molecular weight excluding hydrogens is 199 g/mol. The van der Waals surface area contributed by atoms with E-state index in [1.54, 1.807) is 0 Å². The zero-order valence-electron chi connectivity index (χ0n) is 9.30. The topological polar surface area (TPSA) is 46.5 Å². The van der Waals surface area contributed by atoms with Gasteiger partial charge in [-0.05, 0) is 18.6 Å². The summed E-state index contributed by atoms with van der Waals surface area (Å²) in [6.45, 7) is 5.50. The Kier molecular flexibility index (Phi) is 5.37. The number of carbonyl (C=O) groups is 1. The van der Waals surface area contributed by atoms with Crippen molar-refractivity contribution in [2.75, 3.05) is 7.11 Å². The molecule has 0 saturated carbocycles. The van der Waals surface area contributed by atoms with Crippen LogP contribution in [-0.4, -0.2) is 18.2 Å². The summed E-state index contributed by atoms with van der Waals surface area (Å²) in [5, 5.41) is 8.71. The Hall–Kier alpha value is -1.58. The Labute approximate surface area is 88.5 Å². The van der Waals surface area contributed by atoms with Crippen molar-refractivity contribution in [3.63, 3.8) is 0 Å². The van der Waals surface area contributed by atoms with Gasteiger partial charge in [0.1, 0.15) is 17.1 Å². The lowest BCUT2D eigenvalue weighted by molar-refractivity contribution is 0.0693. The summed E-state index contributed by atoms with van der Waals surface area (Å²) < 4.78 is 17.7. The zero-order valence-corrected chi connectivity index (χ0v) is 9.30. The Morgan fingerprint density at radius 2 is 1.93 bits per heavy atom. The Bertz CT molecular complexity index is 348. The first-order chi connectivity index (χ1) is 7.06. The maximum atomic E-state index is 12.9. The predicted molar refractivity (Wildman–Crippen MR) is 56.0 cm³/mol. The summed E-state index contributed by atoms with van der Waals surface area (Å²) >= 11 is 0. The van der Waals surface area contributed by atoms with Crippen molar-refractivity contribution in [1.29, 1.82) is 0 Å². The van der Waals surface area contributed by atoms with E-state index < -0.39 is 11.8 Å². The number of aryl methyl sites for hydroxylation is 1. The van der Waals surface area contributed by atoms with Crippen LogP contribution in [0, 0.1) is 12.7 Å². The van der Waals surface area contributed by atoms with Gasteiger partial charge in [-0.3, -0.25) is 0 Å². The largest absolute Gasteiger partial charge is 0.496 e. The van der Waals surface area contributed by atoms with E-state index in [0.29, 0.717) is 5.56 Å². The molecule has 0 aromatic heterocycles. The van der Waals surface area contributed by atoms with Crippen LogP contribution in [0.25, 0.3) is 0 Å². The number of methoxy groups -OCH3 is 1. The van der Waals surface area contributed by atoms with E-state index in [2.05, 4.69) is 0 Å². The van der Waals surface area contributed by atoms with Gasteiger partial charge in [0.15, 0.2) is 0 Å². The Balaban J connectivity index is 0.000000921. The maximum absolute atomic E-state index is 12.9. The summed E-state index contributed by atoms with van der Waals surface area (Å²) in [7, 11) is 1.30. The van der Waals surface area contributed by atoms with Gasteiger partial charge in [-0.25, -0.2) is 9.18 Å². The van der Waals surface area contributed by atoms with E-state index in [1.807, 2.05) is 13.8 Å². The van der Waals surface area contributed by atoms with Gasteiger partial charge >= 0.3 is 5.97 Å². The van der Waals surface area contributed by atoms with Crippen LogP contribution in [0.3, 0.4) is 0 Å². The van der Waals surface area contributed by atoms with E-state index in [1.165, 1.54) is 20.1 Å². The van der Waals surface area contributed by atoms with Crippen LogP contribution < -0.4 is 4.74 Å². The van der Waals surface area contributed by atoms with Crippen molar-refractivity contribution in [1.82, 2.24) is 0 Å². The lowest BCUT2D eigenvalue weighted by Crippen LogP contribution is -2.02. The first-order valence-corrected chi connectivity index (χ1v) is 4.63. The van der Waals surface area contributed by atoms with Gasteiger partial charge in [0.2, 0.25) is 0 Å². The number of carboxylic acid groups (broad SMARTS) is 1. The van der Waals surface area contributed by atoms with Gasteiger partial charge in [-0.2, -0.15) is 0 Å². The minimum Gasteiger partial charge on any atom is -0.496 e. The van der Waals surface area contributed by atoms with Crippen molar-refractivity contribution in [2.45, 2.75) is 20.8 Å². The molecule has 0 unspecified atom stereocenters. The van der Waals surface area contributed by atoms with Crippen LogP contribution in [0.15, 0.2) is 12.1 Å². The van der Waals surface area contributed by atoms with Gasteiger partial charge in [0, 0.05) is 6.07 Å². The highest BCUT2D eigenvalue weighted by atomic mass is 19.1. The highest BCUT2D eigenvalue weighted by Gasteiger charge is 2.13. The van der Waals surface area contributed by atoms with Crippen LogP contribution in [-0.2, 0) is 0 Å². The Morgan fingerprint density at radius 1 is 1.40 bits per heavy atom. The molecule has 15 heavy (non-hydrogen) atoms. The average molecular weight is 214 g/mol. The molecule has 0 radical (unpaired) electrons. The number of benzene rings is 1. The third-order valence-corrected chi connectivity index (χ3v) is 1.71. The summed E-state index contributed by atoms with van der Waals surface area (Å²) in [5.41, 5.74) is 0.264. The normalized spacial score (nSPS) is 8.87. The smallest absolute Gasteiger partial charge is 0.339 e. The standard InChI is InChI=1S/C9H9FO3.C2H6/c1-5-3-6(9(11)12)8(13-2)4-7(5)10;1-2/h3-4H,1-2H3,(H,11,12);1-2H3. The van der Waals surface area contributed by atoms with Crippen molar-refractivity contribution in [3.05, 3.63) is 29.1 Å². The summed E-state index contributed by atoms with van der Waals surface area (Å²) in [6.07, 6.45) is 0. The summed E-state index contributed by atoms with van der Waals surface area (Å²) in [6, 6.07) is 2.31. The number of aromatic carboxylic acids is 1. The van der Waals surface area contributed by atoms with Crippen LogP contribution in [0.1, 0.15) is 29.8 Å². The fourth-order valence-corrected chi connectivity index (χ4v) is 0.999. The lowest BCUT2D eigenvalue weighted by Gasteiger charge is -2.06. The molecular formula is C11H15FO3. The number of carboxylic acids is 1. The maximum Gasteiger partial charge on any atom is 0.339 e. The molecule has 0 spiro atoms. The third-order valence-electron chi connectivity index (χ3n) is 1.71. The van der Waals surface area contributed by atoms with Gasteiger partial charge in [-0.15, -0.1) is 0 Å².